The van der Waals surface area contributed by atoms with Gasteiger partial charge in [-0.05, 0) is 6.08 Å². The molecular formula is C8H16N2O. The van der Waals surface area contributed by atoms with Crippen LogP contribution in [-0.2, 0) is 4.74 Å². The molecule has 0 unspecified atom stereocenters. The maximum atomic E-state index is 5.25. The lowest BCUT2D eigenvalue weighted by molar-refractivity contribution is 0.202. The highest BCUT2D eigenvalue weighted by Crippen LogP contribution is 1.84. The minimum Gasteiger partial charge on any atom is -0.383 e. The molecule has 0 fully saturated rings. The Labute approximate surface area is 67.9 Å². The topological polar surface area (TPSA) is 47.3 Å². The van der Waals surface area contributed by atoms with Crippen LogP contribution in [0.4, 0.5) is 0 Å². The average Bonchev–Trinajstić information content (AvgIpc) is 2.01. The molecule has 64 valence electrons. The zero-order valence-corrected chi connectivity index (χ0v) is 6.97. The van der Waals surface area contributed by atoms with Crippen molar-refractivity contribution in [2.24, 2.45) is 5.73 Å². The zero-order chi connectivity index (χ0) is 8.53. The molecule has 3 heteroatoms. The van der Waals surface area contributed by atoms with Gasteiger partial charge in [0.2, 0.25) is 0 Å². The van der Waals surface area contributed by atoms with Gasteiger partial charge in [-0.15, -0.1) is 0 Å². The quantitative estimate of drug-likeness (QED) is 0.428. The second-order valence-electron chi connectivity index (χ2n) is 2.08. The van der Waals surface area contributed by atoms with Gasteiger partial charge in [0.1, 0.15) is 0 Å². The summed E-state index contributed by atoms with van der Waals surface area (Å²) in [5, 5.41) is 3.06. The van der Waals surface area contributed by atoms with E-state index < -0.39 is 0 Å². The van der Waals surface area contributed by atoms with Crippen molar-refractivity contribution in [3.05, 3.63) is 24.4 Å². The highest BCUT2D eigenvalue weighted by atomic mass is 16.5. The Balaban J connectivity index is 3.30. The van der Waals surface area contributed by atoms with Crippen LogP contribution in [0, 0.1) is 0 Å². The predicted octanol–water partition coefficient (Wildman–Crippen LogP) is 0.251. The third kappa shape index (κ3) is 7.09. The summed E-state index contributed by atoms with van der Waals surface area (Å²) in [4.78, 5) is 0. The van der Waals surface area contributed by atoms with Crippen LogP contribution in [0.2, 0.25) is 0 Å². The summed E-state index contributed by atoms with van der Waals surface area (Å²) in [6.45, 7) is 5.77. The van der Waals surface area contributed by atoms with Crippen molar-refractivity contribution < 1.29 is 4.74 Å². The van der Waals surface area contributed by atoms with Crippen LogP contribution in [0.15, 0.2) is 24.4 Å². The second-order valence-corrected chi connectivity index (χ2v) is 2.08. The molecule has 11 heavy (non-hydrogen) atoms. The number of nitrogens with one attached hydrogen (secondary N) is 1. The maximum absolute atomic E-state index is 5.25. The van der Waals surface area contributed by atoms with E-state index in [4.69, 9.17) is 10.5 Å². The predicted molar refractivity (Wildman–Crippen MR) is 47.2 cm³/mol. The van der Waals surface area contributed by atoms with E-state index in [9.17, 15) is 0 Å². The molecule has 3 N–H and O–H groups in total. The molecule has 0 aliphatic rings. The summed E-state index contributed by atoms with van der Waals surface area (Å²) in [5.74, 6) is 0. The zero-order valence-electron chi connectivity index (χ0n) is 6.97. The van der Waals surface area contributed by atoms with E-state index in [1.807, 2.05) is 12.2 Å². The Hall–Kier alpha value is -0.800. The number of methoxy groups -OCH3 is 1. The van der Waals surface area contributed by atoms with Gasteiger partial charge in [-0.25, -0.2) is 0 Å². The van der Waals surface area contributed by atoms with Crippen LogP contribution in [0.1, 0.15) is 0 Å². The summed E-state index contributed by atoms with van der Waals surface area (Å²) < 4.78 is 4.84. The van der Waals surface area contributed by atoms with E-state index in [-0.39, 0.29) is 0 Å². The first-order chi connectivity index (χ1) is 5.31. The molecule has 0 aliphatic carbocycles. The lowest BCUT2D eigenvalue weighted by Crippen LogP contribution is -2.16. The molecule has 0 saturated carbocycles. The van der Waals surface area contributed by atoms with E-state index in [1.54, 1.807) is 7.11 Å². The number of rotatable bonds is 6. The number of allylic oxidation sites excluding steroid dienone is 1. The second kappa shape index (κ2) is 7.31. The Morgan fingerprint density at radius 2 is 2.45 bits per heavy atom. The summed E-state index contributed by atoms with van der Waals surface area (Å²) in [7, 11) is 1.67. The van der Waals surface area contributed by atoms with Crippen molar-refractivity contribution in [2.75, 3.05) is 26.8 Å². The van der Waals surface area contributed by atoms with Gasteiger partial charge in [-0.3, -0.25) is 0 Å². The van der Waals surface area contributed by atoms with Gasteiger partial charge in [0.25, 0.3) is 0 Å². The van der Waals surface area contributed by atoms with Gasteiger partial charge in [0, 0.05) is 25.9 Å². The number of hydrogen-bond acceptors (Lipinski definition) is 3. The fourth-order valence-electron chi connectivity index (χ4n) is 0.583. The van der Waals surface area contributed by atoms with Crippen LogP contribution >= 0.6 is 0 Å². The molecule has 0 heterocycles. The molecule has 0 atom stereocenters. The van der Waals surface area contributed by atoms with Gasteiger partial charge >= 0.3 is 0 Å². The van der Waals surface area contributed by atoms with Crippen LogP contribution in [0.25, 0.3) is 0 Å². The molecule has 0 bridgehead atoms. The number of nitrogens with two attached hydrogens (primary N) is 1. The maximum Gasteiger partial charge on any atom is 0.0635 e. The fourth-order valence-corrected chi connectivity index (χ4v) is 0.583. The van der Waals surface area contributed by atoms with E-state index in [2.05, 4.69) is 11.9 Å². The number of ether oxygens (including phenoxy) is 1. The molecule has 0 aromatic heterocycles. The Bertz CT molecular complexity index is 132. The van der Waals surface area contributed by atoms with Crippen LogP contribution in [0.3, 0.4) is 0 Å². The van der Waals surface area contributed by atoms with Crippen molar-refractivity contribution in [2.45, 2.75) is 0 Å². The molecule has 0 aromatic rings. The van der Waals surface area contributed by atoms with Gasteiger partial charge in [-0.2, -0.15) is 0 Å². The normalized spacial score (nSPS) is 10.4. The minimum atomic E-state index is 0.547. The Morgan fingerprint density at radius 3 is 3.00 bits per heavy atom. The van der Waals surface area contributed by atoms with Gasteiger partial charge in [0.15, 0.2) is 0 Å². The van der Waals surface area contributed by atoms with Crippen LogP contribution in [0.5, 0.6) is 0 Å². The molecule has 0 radical (unpaired) electrons. The van der Waals surface area contributed by atoms with Gasteiger partial charge in [0.05, 0.1) is 6.61 Å². The minimum absolute atomic E-state index is 0.547. The lowest BCUT2D eigenvalue weighted by atomic mass is 10.4. The molecule has 0 spiro atoms. The first kappa shape index (κ1) is 10.2. The Kier molecular flexibility index (Phi) is 6.78. The largest absolute Gasteiger partial charge is 0.383 e. The average molecular weight is 156 g/mol. The van der Waals surface area contributed by atoms with Crippen molar-refractivity contribution in [3.63, 3.8) is 0 Å². The van der Waals surface area contributed by atoms with Crippen LogP contribution < -0.4 is 11.1 Å². The molecule has 0 saturated heterocycles. The van der Waals surface area contributed by atoms with Crippen LogP contribution in [-0.4, -0.2) is 26.8 Å². The molecule has 0 rings (SSSR count). The number of hydrogen-bond donors (Lipinski definition) is 2. The van der Waals surface area contributed by atoms with E-state index in [1.165, 1.54) is 0 Å². The fraction of sp³-hybridized carbons (Fsp3) is 0.500. The summed E-state index contributed by atoms with van der Waals surface area (Å²) in [5.41, 5.74) is 6.12. The van der Waals surface area contributed by atoms with E-state index in [0.29, 0.717) is 13.2 Å². The van der Waals surface area contributed by atoms with Crippen molar-refractivity contribution in [3.8, 4) is 0 Å². The van der Waals surface area contributed by atoms with E-state index in [0.717, 1.165) is 12.2 Å². The molecule has 0 aliphatic heterocycles. The first-order valence-electron chi connectivity index (χ1n) is 3.59. The highest BCUT2D eigenvalue weighted by Gasteiger charge is 1.84. The Morgan fingerprint density at radius 1 is 1.73 bits per heavy atom. The summed E-state index contributed by atoms with van der Waals surface area (Å²) >= 11 is 0. The molecule has 3 nitrogen and oxygen atoms in total. The third-order valence-corrected chi connectivity index (χ3v) is 1.11. The summed E-state index contributed by atoms with van der Waals surface area (Å²) in [6, 6.07) is 0. The summed E-state index contributed by atoms with van der Waals surface area (Å²) in [6.07, 6.45) is 3.71. The van der Waals surface area contributed by atoms with Crippen molar-refractivity contribution in [1.82, 2.24) is 5.32 Å². The monoisotopic (exact) mass is 156 g/mol. The highest BCUT2D eigenvalue weighted by molar-refractivity contribution is 5.12. The van der Waals surface area contributed by atoms with Crippen molar-refractivity contribution >= 4 is 0 Å². The molecule has 0 aromatic carbocycles. The van der Waals surface area contributed by atoms with Gasteiger partial charge < -0.3 is 15.8 Å². The standard InChI is InChI=1S/C8H16N2O/c1-8(4-3-5-9)10-6-7-11-2/h3-4,10H,1,5-7,9H2,2H3. The van der Waals surface area contributed by atoms with Crippen molar-refractivity contribution in [1.29, 1.82) is 0 Å². The van der Waals surface area contributed by atoms with Gasteiger partial charge in [-0.1, -0.05) is 12.7 Å². The first-order valence-corrected chi connectivity index (χ1v) is 3.59. The third-order valence-electron chi connectivity index (χ3n) is 1.11. The SMILES string of the molecule is C=C(C=CCN)NCCOC. The molecule has 0 amide bonds. The smallest absolute Gasteiger partial charge is 0.0635 e. The van der Waals surface area contributed by atoms with E-state index >= 15 is 0 Å². The lowest BCUT2D eigenvalue weighted by Gasteiger charge is -2.03. The molecular weight excluding hydrogens is 140 g/mol.